The summed E-state index contributed by atoms with van der Waals surface area (Å²) in [6, 6.07) is 0.144. The number of anilines is 1. The quantitative estimate of drug-likeness (QED) is 0.328. The van der Waals surface area contributed by atoms with E-state index in [-0.39, 0.29) is 52.0 Å². The zero-order valence-electron chi connectivity index (χ0n) is 28.4. The van der Waals surface area contributed by atoms with Crippen molar-refractivity contribution in [2.24, 2.45) is 5.92 Å². The van der Waals surface area contributed by atoms with Gasteiger partial charge in [-0.3, -0.25) is 19.3 Å². The van der Waals surface area contributed by atoms with Crippen LogP contribution in [-0.4, -0.2) is 77.2 Å². The van der Waals surface area contributed by atoms with E-state index in [1.54, 1.807) is 7.05 Å². The number of nitrogens with one attached hydrogen (secondary N) is 4. The van der Waals surface area contributed by atoms with Crippen LogP contribution in [0.3, 0.4) is 0 Å². The zero-order chi connectivity index (χ0) is 34.9. The lowest BCUT2D eigenvalue weighted by Gasteiger charge is -2.38. The van der Waals surface area contributed by atoms with Gasteiger partial charge in [0.1, 0.15) is 40.6 Å². The second kappa shape index (κ2) is 16.9. The van der Waals surface area contributed by atoms with E-state index in [9.17, 15) is 23.2 Å². The molecule has 2 saturated heterocycles. The van der Waals surface area contributed by atoms with E-state index in [0.29, 0.717) is 18.8 Å². The van der Waals surface area contributed by atoms with Crippen molar-refractivity contribution in [2.45, 2.75) is 96.1 Å². The van der Waals surface area contributed by atoms with Gasteiger partial charge in [0.15, 0.2) is 0 Å². The van der Waals surface area contributed by atoms with Gasteiger partial charge in [-0.05, 0) is 37.8 Å². The lowest BCUT2D eigenvalue weighted by atomic mass is 9.95. The average Bonchev–Trinajstić information content (AvgIpc) is 4.05. The van der Waals surface area contributed by atoms with Crippen molar-refractivity contribution in [3.05, 3.63) is 41.4 Å². The first-order valence-corrected chi connectivity index (χ1v) is 17.2. The van der Waals surface area contributed by atoms with Crippen LogP contribution >= 0.6 is 11.8 Å². The molecule has 3 atom stereocenters. The summed E-state index contributed by atoms with van der Waals surface area (Å²) in [5, 5.41) is 5.25. The third-order valence-electron chi connectivity index (χ3n) is 7.76. The maximum atomic E-state index is 13.7. The van der Waals surface area contributed by atoms with Crippen LogP contribution in [0.5, 0.6) is 0 Å². The predicted octanol–water partition coefficient (Wildman–Crippen LogP) is 4.20. The van der Waals surface area contributed by atoms with Crippen molar-refractivity contribution in [3.8, 4) is 11.8 Å². The number of pyridine rings is 1. The zero-order valence-corrected chi connectivity index (χ0v) is 29.2. The molecule has 2 aliphatic carbocycles. The Hall–Kier alpha value is -3.67. The van der Waals surface area contributed by atoms with Crippen LogP contribution in [0.15, 0.2) is 30.3 Å². The number of aromatic nitrogens is 1. The first-order valence-electron chi connectivity index (χ1n) is 16.3. The molecule has 1 aromatic heterocycles. The Balaban J connectivity index is 0.000000947. The summed E-state index contributed by atoms with van der Waals surface area (Å²) in [4.78, 5) is 46.9. The minimum absolute atomic E-state index is 0.0850. The van der Waals surface area contributed by atoms with Crippen LogP contribution in [0.4, 0.5) is 14.6 Å². The molecule has 47 heavy (non-hydrogen) atoms. The number of alkyl halides is 2. The van der Waals surface area contributed by atoms with E-state index < -0.39 is 29.4 Å². The van der Waals surface area contributed by atoms with Gasteiger partial charge in [-0.25, -0.2) is 24.6 Å². The number of likely N-dealkylation sites (N-methyl/N-ethyl adjacent to an activating group) is 1. The van der Waals surface area contributed by atoms with E-state index in [4.69, 9.17) is 4.74 Å². The van der Waals surface area contributed by atoms with Gasteiger partial charge in [0, 0.05) is 36.5 Å². The molecule has 4 heterocycles. The van der Waals surface area contributed by atoms with Gasteiger partial charge in [0.25, 0.3) is 18.2 Å². The summed E-state index contributed by atoms with van der Waals surface area (Å²) in [7, 11) is 3.00. The van der Waals surface area contributed by atoms with Crippen molar-refractivity contribution in [1.29, 1.82) is 0 Å². The van der Waals surface area contributed by atoms with E-state index in [1.807, 2.05) is 41.5 Å². The van der Waals surface area contributed by atoms with Crippen molar-refractivity contribution >= 4 is 40.9 Å². The van der Waals surface area contributed by atoms with E-state index >= 15 is 0 Å². The van der Waals surface area contributed by atoms with Crippen LogP contribution in [0.1, 0.15) is 83.1 Å². The summed E-state index contributed by atoms with van der Waals surface area (Å²) in [6.07, 6.45) is 4.47. The van der Waals surface area contributed by atoms with Gasteiger partial charge in [0.05, 0.1) is 12.7 Å². The number of thioether (sulfide) groups is 1. The topological polar surface area (TPSA) is 128 Å². The summed E-state index contributed by atoms with van der Waals surface area (Å²) in [6.45, 7) is 11.8. The monoisotopic (exact) mass is 675 g/mol. The molecule has 1 spiro atoms. The first-order chi connectivity index (χ1) is 22.7. The predicted molar refractivity (Wildman–Crippen MR) is 181 cm³/mol. The van der Waals surface area contributed by atoms with Gasteiger partial charge >= 0.3 is 0 Å². The molecule has 0 aromatic carbocycles. The fraction of sp³-hybridized carbons (Fsp3) is 0.576. The Morgan fingerprint density at radius 3 is 2.40 bits per heavy atom. The van der Waals surface area contributed by atoms with Gasteiger partial charge in [0.2, 0.25) is 5.91 Å². The number of nitrogens with zero attached hydrogens (tertiary/aromatic N) is 3. The van der Waals surface area contributed by atoms with E-state index in [1.165, 1.54) is 53.2 Å². The summed E-state index contributed by atoms with van der Waals surface area (Å²) in [5.74, 6) is 6.10. The lowest BCUT2D eigenvalue weighted by molar-refractivity contribution is -0.143. The molecule has 4 fully saturated rings. The average molecular weight is 676 g/mol. The van der Waals surface area contributed by atoms with E-state index in [0.717, 1.165) is 12.8 Å². The van der Waals surface area contributed by atoms with E-state index in [2.05, 4.69) is 38.3 Å². The maximum Gasteiger partial charge on any atom is 0.261 e. The number of dihydropyridines is 1. The Kier molecular flexibility index (Phi) is 13.6. The fourth-order valence-electron chi connectivity index (χ4n) is 5.01. The van der Waals surface area contributed by atoms with Crippen LogP contribution in [-0.2, 0) is 14.3 Å². The molecule has 4 N–H and O–H groups in total. The van der Waals surface area contributed by atoms with Crippen LogP contribution in [0, 0.1) is 17.8 Å². The minimum Gasteiger partial charge on any atom is -0.495 e. The van der Waals surface area contributed by atoms with Crippen molar-refractivity contribution < 1.29 is 27.9 Å². The molecule has 3 amide bonds. The van der Waals surface area contributed by atoms with Gasteiger partial charge in [-0.2, -0.15) is 0 Å². The molecule has 0 radical (unpaired) electrons. The molecule has 3 unspecified atom stereocenters. The number of halogens is 2. The highest BCUT2D eigenvalue weighted by molar-refractivity contribution is 8.00. The molecule has 0 bridgehead atoms. The van der Waals surface area contributed by atoms with Crippen LogP contribution in [0.2, 0.25) is 0 Å². The number of carbonyl (C=O) groups excluding carboxylic acids is 3. The number of methoxy groups -OCH3 is 1. The molecule has 3 aliphatic heterocycles. The third kappa shape index (κ3) is 8.44. The lowest BCUT2D eigenvalue weighted by Crippen LogP contribution is -2.60. The van der Waals surface area contributed by atoms with Gasteiger partial charge in [-0.1, -0.05) is 65.1 Å². The molecule has 258 valence electrons. The van der Waals surface area contributed by atoms with Crippen LogP contribution < -0.4 is 26.4 Å². The number of hydrogen-bond donors (Lipinski definition) is 4. The molecule has 14 heteroatoms. The number of ether oxygens (including phenoxy) is 1. The molecule has 6 rings (SSSR count). The molecule has 1 aromatic rings. The molecular weight excluding hydrogens is 628 g/mol. The maximum absolute atomic E-state index is 13.7. The number of hydrogen-bond acceptors (Lipinski definition) is 9. The Labute approximate surface area is 280 Å². The smallest absolute Gasteiger partial charge is 0.261 e. The fourth-order valence-corrected chi connectivity index (χ4v) is 5.86. The first kappa shape index (κ1) is 37.8. The van der Waals surface area contributed by atoms with Gasteiger partial charge in [-0.15, -0.1) is 0 Å². The highest BCUT2D eigenvalue weighted by Gasteiger charge is 2.60. The third-order valence-corrected chi connectivity index (χ3v) is 8.78. The molecule has 5 aliphatic rings. The Bertz CT molecular complexity index is 1420. The van der Waals surface area contributed by atoms with Crippen molar-refractivity contribution in [3.63, 3.8) is 0 Å². The molecule has 2 saturated carbocycles. The molecular formula is C33H47F2N7O4S. The summed E-state index contributed by atoms with van der Waals surface area (Å²) < 4.78 is 32.9. The second-order valence-electron chi connectivity index (χ2n) is 10.5. The van der Waals surface area contributed by atoms with Gasteiger partial charge < -0.3 is 20.3 Å². The highest BCUT2D eigenvalue weighted by Crippen LogP contribution is 2.45. The number of hydrazine groups is 1. The number of carbonyl (C=O) groups is 3. The van der Waals surface area contributed by atoms with Crippen LogP contribution in [0.25, 0.3) is 5.57 Å². The number of amides is 3. The largest absolute Gasteiger partial charge is 0.495 e. The van der Waals surface area contributed by atoms with Crippen molar-refractivity contribution in [2.75, 3.05) is 25.6 Å². The van der Waals surface area contributed by atoms with Crippen molar-refractivity contribution in [1.82, 2.24) is 31.4 Å². The summed E-state index contributed by atoms with van der Waals surface area (Å²) >= 11 is 1.38. The highest BCUT2D eigenvalue weighted by atomic mass is 32.2. The standard InChI is InChI=1S/C27H29F2N7O4S.3C2H6/c1-35-22(37)13-36(25(39)27(35)7-8-27)20-10-15(16-9-18(23(28)29)30-12-19(16)40-2)17(11-31-20)24(38)32-26-34-33-21(41-26)6-5-14-3-4-14;3*1-2/h9-12,14,18,21,23,26,30,33-34H,3-4,7-8,13H2,1-2H3,(H,32,38);3*1-2H3. The number of rotatable bonds is 6. The SMILES string of the molecule is CC.CC.CC.COC1=CNC(C(F)F)C=C1c1cc(N2CC(=O)N(C)C3(CC3)C2=O)ncc1C(=O)NC1NNC(C#CC2CC2)S1. The second-order valence-corrected chi connectivity index (χ2v) is 11.7. The molecule has 11 nitrogen and oxygen atoms in total. The minimum atomic E-state index is -2.73. The number of piperazine rings is 1. The summed E-state index contributed by atoms with van der Waals surface area (Å²) in [5.41, 5.74) is 5.16. The Morgan fingerprint density at radius 1 is 1.13 bits per heavy atom. The number of allylic oxidation sites excluding steroid dienone is 1. The Morgan fingerprint density at radius 2 is 1.81 bits per heavy atom. The normalized spacial score (nSPS) is 23.7.